The van der Waals surface area contributed by atoms with Gasteiger partial charge < -0.3 is 10.6 Å². The lowest BCUT2D eigenvalue weighted by atomic mass is 10.1. The third-order valence-electron chi connectivity index (χ3n) is 3.60. The van der Waals surface area contributed by atoms with Gasteiger partial charge in [0.25, 0.3) is 0 Å². The molecule has 0 aliphatic heterocycles. The Morgan fingerprint density at radius 1 is 1.20 bits per heavy atom. The van der Waals surface area contributed by atoms with Crippen LogP contribution in [0.5, 0.6) is 0 Å². The molecule has 1 saturated carbocycles. The Labute approximate surface area is 119 Å². The summed E-state index contributed by atoms with van der Waals surface area (Å²) < 4.78 is 0. The lowest BCUT2D eigenvalue weighted by molar-refractivity contribution is -0.122. The topological polar surface area (TPSA) is 58.2 Å². The van der Waals surface area contributed by atoms with Crippen molar-refractivity contribution < 1.29 is 9.59 Å². The fraction of sp³-hybridized carbons (Fsp3) is 0.500. The van der Waals surface area contributed by atoms with Crippen molar-refractivity contribution in [3.05, 3.63) is 35.9 Å². The standard InChI is InChI=1S/C16H22N2O2/c1-12(14-7-8-14)18-15(19)9-10-17-16(20)11-13-5-3-2-4-6-13/h2-6,12,14H,7-11H2,1H3,(H,17,20)(H,18,19). The van der Waals surface area contributed by atoms with Gasteiger partial charge in [0.05, 0.1) is 6.42 Å². The van der Waals surface area contributed by atoms with E-state index in [4.69, 9.17) is 0 Å². The van der Waals surface area contributed by atoms with Crippen LogP contribution < -0.4 is 10.6 Å². The summed E-state index contributed by atoms with van der Waals surface area (Å²) in [5.74, 6) is 0.635. The quantitative estimate of drug-likeness (QED) is 0.794. The summed E-state index contributed by atoms with van der Waals surface area (Å²) in [4.78, 5) is 23.4. The number of benzene rings is 1. The van der Waals surface area contributed by atoms with Gasteiger partial charge >= 0.3 is 0 Å². The van der Waals surface area contributed by atoms with Crippen molar-refractivity contribution in [2.24, 2.45) is 5.92 Å². The summed E-state index contributed by atoms with van der Waals surface area (Å²) >= 11 is 0. The zero-order valence-corrected chi connectivity index (χ0v) is 11.9. The lowest BCUT2D eigenvalue weighted by Crippen LogP contribution is -2.36. The SMILES string of the molecule is CC(NC(=O)CCNC(=O)Cc1ccccc1)C1CC1. The van der Waals surface area contributed by atoms with Crippen molar-refractivity contribution in [3.63, 3.8) is 0 Å². The minimum absolute atomic E-state index is 0.0180. The monoisotopic (exact) mass is 274 g/mol. The Morgan fingerprint density at radius 3 is 2.55 bits per heavy atom. The van der Waals surface area contributed by atoms with Crippen LogP contribution in [-0.2, 0) is 16.0 Å². The van der Waals surface area contributed by atoms with Gasteiger partial charge in [-0.2, -0.15) is 0 Å². The molecule has 2 rings (SSSR count). The molecule has 1 unspecified atom stereocenters. The maximum Gasteiger partial charge on any atom is 0.224 e. The number of rotatable bonds is 7. The van der Waals surface area contributed by atoms with Crippen LogP contribution in [0.2, 0.25) is 0 Å². The van der Waals surface area contributed by atoms with Gasteiger partial charge in [0.15, 0.2) is 0 Å². The first-order valence-electron chi connectivity index (χ1n) is 7.25. The third-order valence-corrected chi connectivity index (χ3v) is 3.60. The predicted octanol–water partition coefficient (Wildman–Crippen LogP) is 1.65. The van der Waals surface area contributed by atoms with Crippen LogP contribution in [-0.4, -0.2) is 24.4 Å². The molecule has 108 valence electrons. The van der Waals surface area contributed by atoms with Crippen molar-refractivity contribution in [1.29, 1.82) is 0 Å². The number of nitrogens with one attached hydrogen (secondary N) is 2. The second-order valence-electron chi connectivity index (χ2n) is 5.46. The van der Waals surface area contributed by atoms with Gasteiger partial charge in [-0.1, -0.05) is 30.3 Å². The Bertz CT molecular complexity index is 455. The molecule has 2 N–H and O–H groups in total. The van der Waals surface area contributed by atoms with Crippen LogP contribution in [0.25, 0.3) is 0 Å². The highest BCUT2D eigenvalue weighted by molar-refractivity contribution is 5.80. The molecule has 1 aromatic rings. The maximum absolute atomic E-state index is 11.7. The van der Waals surface area contributed by atoms with Crippen molar-refractivity contribution >= 4 is 11.8 Å². The summed E-state index contributed by atoms with van der Waals surface area (Å²) in [7, 11) is 0. The van der Waals surface area contributed by atoms with Crippen molar-refractivity contribution in [2.45, 2.75) is 38.6 Å². The zero-order valence-electron chi connectivity index (χ0n) is 11.9. The van der Waals surface area contributed by atoms with Crippen molar-refractivity contribution in [1.82, 2.24) is 10.6 Å². The predicted molar refractivity (Wildman–Crippen MR) is 78.1 cm³/mol. The molecule has 0 bridgehead atoms. The molecule has 1 aliphatic rings. The van der Waals surface area contributed by atoms with Crippen LogP contribution in [0, 0.1) is 5.92 Å². The summed E-state index contributed by atoms with van der Waals surface area (Å²) in [6.45, 7) is 2.44. The number of carbonyl (C=O) groups is 2. The van der Waals surface area contributed by atoms with Gasteiger partial charge in [-0.05, 0) is 31.2 Å². The first kappa shape index (κ1) is 14.6. The number of amides is 2. The summed E-state index contributed by atoms with van der Waals surface area (Å²) in [5.41, 5.74) is 0.983. The van der Waals surface area contributed by atoms with Gasteiger partial charge in [0, 0.05) is 19.0 Å². The smallest absolute Gasteiger partial charge is 0.224 e. The first-order valence-corrected chi connectivity index (χ1v) is 7.25. The Hall–Kier alpha value is -1.84. The lowest BCUT2D eigenvalue weighted by Gasteiger charge is -2.12. The van der Waals surface area contributed by atoms with Crippen LogP contribution in [0.1, 0.15) is 31.7 Å². The van der Waals surface area contributed by atoms with E-state index in [0.29, 0.717) is 25.3 Å². The largest absolute Gasteiger partial charge is 0.355 e. The minimum atomic E-state index is -0.0424. The zero-order chi connectivity index (χ0) is 14.4. The maximum atomic E-state index is 11.7. The number of carbonyl (C=O) groups excluding carboxylic acids is 2. The molecule has 20 heavy (non-hydrogen) atoms. The molecular formula is C16H22N2O2. The molecular weight excluding hydrogens is 252 g/mol. The molecule has 1 fully saturated rings. The van der Waals surface area contributed by atoms with Gasteiger partial charge in [0.2, 0.25) is 11.8 Å². The Balaban J connectivity index is 1.60. The molecule has 4 nitrogen and oxygen atoms in total. The fourth-order valence-electron chi connectivity index (χ4n) is 2.20. The molecule has 0 radical (unpaired) electrons. The van der Waals surface area contributed by atoms with E-state index in [9.17, 15) is 9.59 Å². The van der Waals surface area contributed by atoms with Crippen LogP contribution in [0.3, 0.4) is 0 Å². The number of hydrogen-bond acceptors (Lipinski definition) is 2. The average Bonchev–Trinajstić information content (AvgIpc) is 3.24. The van der Waals surface area contributed by atoms with E-state index < -0.39 is 0 Å². The molecule has 0 saturated heterocycles. The molecule has 0 aromatic heterocycles. The summed E-state index contributed by atoms with van der Waals surface area (Å²) in [5, 5.41) is 5.76. The van der Waals surface area contributed by atoms with Crippen LogP contribution in [0.15, 0.2) is 30.3 Å². The van der Waals surface area contributed by atoms with Gasteiger partial charge in [-0.15, -0.1) is 0 Å². The normalized spacial score (nSPS) is 15.4. The van der Waals surface area contributed by atoms with E-state index in [2.05, 4.69) is 10.6 Å². The number of hydrogen-bond donors (Lipinski definition) is 2. The van der Waals surface area contributed by atoms with Gasteiger partial charge in [-0.3, -0.25) is 9.59 Å². The van der Waals surface area contributed by atoms with Crippen molar-refractivity contribution in [3.8, 4) is 0 Å². The van der Waals surface area contributed by atoms with E-state index in [-0.39, 0.29) is 17.9 Å². The molecule has 1 aliphatic carbocycles. The molecule has 2 amide bonds. The molecule has 4 heteroatoms. The van der Waals surface area contributed by atoms with Crippen LogP contribution >= 0.6 is 0 Å². The summed E-state index contributed by atoms with van der Waals surface area (Å²) in [6, 6.07) is 9.85. The van der Waals surface area contributed by atoms with Gasteiger partial charge in [-0.25, -0.2) is 0 Å². The molecule has 1 atom stereocenters. The first-order chi connectivity index (χ1) is 9.65. The van der Waals surface area contributed by atoms with Gasteiger partial charge in [0.1, 0.15) is 0 Å². The molecule has 1 aromatic carbocycles. The summed E-state index contributed by atoms with van der Waals surface area (Å²) in [6.07, 6.45) is 3.14. The van der Waals surface area contributed by atoms with E-state index >= 15 is 0 Å². The highest BCUT2D eigenvalue weighted by atomic mass is 16.2. The molecule has 0 spiro atoms. The second kappa shape index (κ2) is 7.08. The van der Waals surface area contributed by atoms with Crippen molar-refractivity contribution in [2.75, 3.05) is 6.54 Å². The highest BCUT2D eigenvalue weighted by Gasteiger charge is 2.28. The van der Waals surface area contributed by atoms with E-state index in [1.165, 1.54) is 12.8 Å². The second-order valence-corrected chi connectivity index (χ2v) is 5.46. The third kappa shape index (κ3) is 5.03. The average molecular weight is 274 g/mol. The van der Waals surface area contributed by atoms with E-state index in [0.717, 1.165) is 5.56 Å². The fourth-order valence-corrected chi connectivity index (χ4v) is 2.20. The van der Waals surface area contributed by atoms with E-state index in [1.54, 1.807) is 0 Å². The van der Waals surface area contributed by atoms with E-state index in [1.807, 2.05) is 37.3 Å². The highest BCUT2D eigenvalue weighted by Crippen LogP contribution is 2.32. The molecule has 0 heterocycles. The van der Waals surface area contributed by atoms with Crippen LogP contribution in [0.4, 0.5) is 0 Å². The Morgan fingerprint density at radius 2 is 1.90 bits per heavy atom. The minimum Gasteiger partial charge on any atom is -0.355 e. The Kier molecular flexibility index (Phi) is 5.16.